The van der Waals surface area contributed by atoms with Gasteiger partial charge in [0.15, 0.2) is 0 Å². The van der Waals surface area contributed by atoms with E-state index in [1.807, 2.05) is 30.3 Å². The molecule has 2 heterocycles. The van der Waals surface area contributed by atoms with Crippen molar-refractivity contribution in [2.24, 2.45) is 0 Å². The molecule has 0 amide bonds. The van der Waals surface area contributed by atoms with Crippen LogP contribution in [0.2, 0.25) is 0 Å². The number of likely N-dealkylation sites (tertiary alicyclic amines) is 1. The molecule has 3 rings (SSSR count). The first-order chi connectivity index (χ1) is 11.6. The van der Waals surface area contributed by atoms with Crippen molar-refractivity contribution in [1.29, 1.82) is 0 Å². The summed E-state index contributed by atoms with van der Waals surface area (Å²) in [7, 11) is 0. The molecule has 0 N–H and O–H groups in total. The Labute approximate surface area is 144 Å². The van der Waals surface area contributed by atoms with Crippen LogP contribution in [-0.2, 0) is 0 Å². The van der Waals surface area contributed by atoms with E-state index in [1.54, 1.807) is 6.20 Å². The van der Waals surface area contributed by atoms with E-state index in [-0.39, 0.29) is 5.60 Å². The summed E-state index contributed by atoms with van der Waals surface area (Å²) in [5, 5.41) is 0. The Hall–Kier alpha value is -2.07. The van der Waals surface area contributed by atoms with Crippen LogP contribution in [0.3, 0.4) is 0 Å². The van der Waals surface area contributed by atoms with Crippen LogP contribution in [0.25, 0.3) is 0 Å². The minimum Gasteiger partial charge on any atom is -0.492 e. The van der Waals surface area contributed by atoms with Crippen molar-refractivity contribution in [3.05, 3.63) is 54.2 Å². The molecule has 2 aromatic rings. The van der Waals surface area contributed by atoms with Crippen LogP contribution in [0.1, 0.15) is 25.3 Å². The number of ether oxygens (including phenoxy) is 2. The molecule has 0 unspecified atom stereocenters. The van der Waals surface area contributed by atoms with Crippen LogP contribution in [-0.4, -0.2) is 41.7 Å². The number of nitrogens with zero attached hydrogens (tertiary/aromatic N) is 2. The van der Waals surface area contributed by atoms with Gasteiger partial charge in [0.2, 0.25) is 5.88 Å². The first-order valence-electron chi connectivity index (χ1n) is 8.65. The average molecular weight is 326 g/mol. The fourth-order valence-corrected chi connectivity index (χ4v) is 2.94. The van der Waals surface area contributed by atoms with Crippen molar-refractivity contribution < 1.29 is 9.47 Å². The summed E-state index contributed by atoms with van der Waals surface area (Å²) >= 11 is 0. The number of piperidine rings is 1. The average Bonchev–Trinajstić information content (AvgIpc) is 2.59. The van der Waals surface area contributed by atoms with E-state index in [1.165, 1.54) is 5.56 Å². The normalized spacial score (nSPS) is 17.4. The molecule has 128 valence electrons. The van der Waals surface area contributed by atoms with Gasteiger partial charge in [-0.15, -0.1) is 0 Å². The minimum absolute atomic E-state index is 0.122. The summed E-state index contributed by atoms with van der Waals surface area (Å²) in [5.74, 6) is 1.66. The Balaban J connectivity index is 1.41. The molecular formula is C20H26N2O2. The van der Waals surface area contributed by atoms with E-state index in [0.29, 0.717) is 0 Å². The van der Waals surface area contributed by atoms with Gasteiger partial charge in [-0.25, -0.2) is 4.98 Å². The lowest BCUT2D eigenvalue weighted by Crippen LogP contribution is -2.47. The molecule has 0 radical (unpaired) electrons. The minimum atomic E-state index is -0.122. The first-order valence-corrected chi connectivity index (χ1v) is 8.65. The Bertz CT molecular complexity index is 620. The number of hydrogen-bond donors (Lipinski definition) is 0. The molecule has 4 nitrogen and oxygen atoms in total. The molecular weight excluding hydrogens is 300 g/mol. The number of rotatable bonds is 6. The van der Waals surface area contributed by atoms with Gasteiger partial charge < -0.3 is 9.47 Å². The third-order valence-electron chi connectivity index (χ3n) is 4.60. The SMILES string of the molecule is Cc1ccc(OCCN2CCC(C)(Oc3ccccn3)CC2)cc1. The van der Waals surface area contributed by atoms with Gasteiger partial charge >= 0.3 is 0 Å². The topological polar surface area (TPSA) is 34.6 Å². The molecule has 4 heteroatoms. The molecule has 0 saturated carbocycles. The fraction of sp³-hybridized carbons (Fsp3) is 0.450. The van der Waals surface area contributed by atoms with E-state index >= 15 is 0 Å². The van der Waals surface area contributed by atoms with Crippen LogP contribution in [0, 0.1) is 6.92 Å². The van der Waals surface area contributed by atoms with Gasteiger partial charge in [-0.2, -0.15) is 0 Å². The summed E-state index contributed by atoms with van der Waals surface area (Å²) < 4.78 is 11.9. The number of benzene rings is 1. The van der Waals surface area contributed by atoms with Gasteiger partial charge in [-0.05, 0) is 44.9 Å². The zero-order valence-electron chi connectivity index (χ0n) is 14.6. The molecule has 1 aliphatic heterocycles. The number of pyridine rings is 1. The molecule has 1 saturated heterocycles. The zero-order chi connectivity index (χ0) is 16.8. The second-order valence-corrected chi connectivity index (χ2v) is 6.72. The molecule has 0 bridgehead atoms. The number of aryl methyl sites for hydroxylation is 1. The maximum absolute atomic E-state index is 6.11. The molecule has 1 fully saturated rings. The molecule has 1 aromatic carbocycles. The lowest BCUT2D eigenvalue weighted by atomic mass is 9.93. The molecule has 0 atom stereocenters. The van der Waals surface area contributed by atoms with Crippen molar-refractivity contribution in [2.75, 3.05) is 26.2 Å². The highest BCUT2D eigenvalue weighted by atomic mass is 16.5. The van der Waals surface area contributed by atoms with Gasteiger partial charge in [0.25, 0.3) is 0 Å². The standard InChI is InChI=1S/C20H26N2O2/c1-17-6-8-18(9-7-17)23-16-15-22-13-10-20(2,11-14-22)24-19-5-3-4-12-21-19/h3-9,12H,10-11,13-16H2,1-2H3. The van der Waals surface area contributed by atoms with Crippen molar-refractivity contribution in [3.8, 4) is 11.6 Å². The lowest BCUT2D eigenvalue weighted by Gasteiger charge is -2.39. The molecule has 1 aromatic heterocycles. The molecule has 24 heavy (non-hydrogen) atoms. The van der Waals surface area contributed by atoms with E-state index < -0.39 is 0 Å². The maximum atomic E-state index is 6.11. The van der Waals surface area contributed by atoms with Gasteiger partial charge in [-0.1, -0.05) is 23.8 Å². The van der Waals surface area contributed by atoms with E-state index in [9.17, 15) is 0 Å². The van der Waals surface area contributed by atoms with Gasteiger partial charge in [0, 0.05) is 31.9 Å². The molecule has 0 aliphatic carbocycles. The van der Waals surface area contributed by atoms with Crippen molar-refractivity contribution in [1.82, 2.24) is 9.88 Å². The first kappa shape index (κ1) is 16.8. The predicted octanol–water partition coefficient (Wildman–Crippen LogP) is 3.70. The number of aromatic nitrogens is 1. The highest BCUT2D eigenvalue weighted by molar-refractivity contribution is 5.26. The number of hydrogen-bond acceptors (Lipinski definition) is 4. The summed E-state index contributed by atoms with van der Waals surface area (Å²) in [5.41, 5.74) is 1.13. The Morgan fingerprint density at radius 1 is 1.08 bits per heavy atom. The van der Waals surface area contributed by atoms with Crippen molar-refractivity contribution in [2.45, 2.75) is 32.3 Å². The van der Waals surface area contributed by atoms with E-state index in [4.69, 9.17) is 9.47 Å². The quantitative estimate of drug-likeness (QED) is 0.811. The van der Waals surface area contributed by atoms with Gasteiger partial charge in [-0.3, -0.25) is 4.90 Å². The monoisotopic (exact) mass is 326 g/mol. The van der Waals surface area contributed by atoms with Crippen molar-refractivity contribution in [3.63, 3.8) is 0 Å². The Morgan fingerprint density at radius 2 is 1.83 bits per heavy atom. The zero-order valence-corrected chi connectivity index (χ0v) is 14.6. The highest BCUT2D eigenvalue weighted by Crippen LogP contribution is 2.27. The summed E-state index contributed by atoms with van der Waals surface area (Å²) in [6, 6.07) is 14.0. The third-order valence-corrected chi connectivity index (χ3v) is 4.60. The Kier molecular flexibility index (Phi) is 5.36. The van der Waals surface area contributed by atoms with Crippen molar-refractivity contribution >= 4 is 0 Å². The second kappa shape index (κ2) is 7.67. The van der Waals surface area contributed by atoms with Gasteiger partial charge in [0.05, 0.1) is 0 Å². The summed E-state index contributed by atoms with van der Waals surface area (Å²) in [6.07, 6.45) is 3.79. The van der Waals surface area contributed by atoms with E-state index in [2.05, 4.69) is 35.9 Å². The van der Waals surface area contributed by atoms with Gasteiger partial charge in [0.1, 0.15) is 18.0 Å². The fourth-order valence-electron chi connectivity index (χ4n) is 2.94. The third kappa shape index (κ3) is 4.71. The second-order valence-electron chi connectivity index (χ2n) is 6.72. The maximum Gasteiger partial charge on any atom is 0.213 e. The van der Waals surface area contributed by atoms with Crippen LogP contribution in [0.5, 0.6) is 11.6 Å². The largest absolute Gasteiger partial charge is 0.492 e. The summed E-state index contributed by atoms with van der Waals surface area (Å²) in [6.45, 7) is 8.00. The van der Waals surface area contributed by atoms with E-state index in [0.717, 1.165) is 50.7 Å². The lowest BCUT2D eigenvalue weighted by molar-refractivity contribution is 0.0103. The Morgan fingerprint density at radius 3 is 2.50 bits per heavy atom. The van der Waals surface area contributed by atoms with Crippen LogP contribution < -0.4 is 9.47 Å². The smallest absolute Gasteiger partial charge is 0.213 e. The molecule has 1 aliphatic rings. The van der Waals surface area contributed by atoms with Crippen LogP contribution in [0.4, 0.5) is 0 Å². The molecule has 0 spiro atoms. The van der Waals surface area contributed by atoms with Crippen LogP contribution >= 0.6 is 0 Å². The highest BCUT2D eigenvalue weighted by Gasteiger charge is 2.32. The predicted molar refractivity (Wildman–Crippen MR) is 95.6 cm³/mol. The van der Waals surface area contributed by atoms with Crippen LogP contribution in [0.15, 0.2) is 48.7 Å². The summed E-state index contributed by atoms with van der Waals surface area (Å²) in [4.78, 5) is 6.71.